The summed E-state index contributed by atoms with van der Waals surface area (Å²) in [6, 6.07) is 1.70. The van der Waals surface area contributed by atoms with Crippen LogP contribution in [0.3, 0.4) is 0 Å². The molecule has 19 heavy (non-hydrogen) atoms. The first-order valence-electron chi connectivity index (χ1n) is 6.45. The quantitative estimate of drug-likeness (QED) is 0.408. The predicted molar refractivity (Wildman–Crippen MR) is 80.8 cm³/mol. The minimum Gasteiger partial charge on any atom is -0.352 e. The van der Waals surface area contributed by atoms with Crippen LogP contribution in [0.2, 0.25) is 0 Å². The standard InChI is InChI=1S/C13H21BrN4O/c1-9(2)5-3-4-6-16-13(19)11-7-10(14)8-17-12(11)18-15/h7-9H,3-6,15H2,1-2H3,(H,16,19)(H,17,18). The number of amides is 1. The van der Waals surface area contributed by atoms with Crippen LogP contribution in [0.1, 0.15) is 43.5 Å². The highest BCUT2D eigenvalue weighted by Crippen LogP contribution is 2.17. The number of halogens is 1. The molecular formula is C13H21BrN4O. The average Bonchev–Trinajstić information content (AvgIpc) is 2.37. The first-order valence-corrected chi connectivity index (χ1v) is 7.24. The molecule has 5 nitrogen and oxygen atoms in total. The Morgan fingerprint density at radius 3 is 2.84 bits per heavy atom. The van der Waals surface area contributed by atoms with Gasteiger partial charge in [-0.3, -0.25) is 4.79 Å². The molecule has 0 fully saturated rings. The Labute approximate surface area is 122 Å². The molecule has 1 rings (SSSR count). The molecule has 4 N–H and O–H groups in total. The summed E-state index contributed by atoms with van der Waals surface area (Å²) < 4.78 is 0.747. The van der Waals surface area contributed by atoms with Gasteiger partial charge in [0.05, 0.1) is 5.56 Å². The van der Waals surface area contributed by atoms with Crippen molar-refractivity contribution in [3.63, 3.8) is 0 Å². The third kappa shape index (κ3) is 5.57. The number of carbonyl (C=O) groups excluding carboxylic acids is 1. The van der Waals surface area contributed by atoms with Gasteiger partial charge in [0.25, 0.3) is 5.91 Å². The van der Waals surface area contributed by atoms with Crippen LogP contribution in [0.15, 0.2) is 16.7 Å². The molecule has 0 saturated heterocycles. The minimum absolute atomic E-state index is 0.161. The molecule has 0 aliphatic carbocycles. The Balaban J connectivity index is 2.47. The van der Waals surface area contributed by atoms with Gasteiger partial charge >= 0.3 is 0 Å². The Morgan fingerprint density at radius 2 is 2.21 bits per heavy atom. The second-order valence-corrected chi connectivity index (χ2v) is 5.76. The number of hydrazine groups is 1. The summed E-state index contributed by atoms with van der Waals surface area (Å²) in [6.45, 7) is 5.07. The summed E-state index contributed by atoms with van der Waals surface area (Å²) >= 11 is 3.29. The van der Waals surface area contributed by atoms with Gasteiger partial charge in [0, 0.05) is 17.2 Å². The number of rotatable bonds is 7. The number of hydrogen-bond donors (Lipinski definition) is 3. The number of anilines is 1. The maximum absolute atomic E-state index is 12.0. The molecule has 1 aromatic rings. The van der Waals surface area contributed by atoms with Crippen molar-refractivity contribution < 1.29 is 4.79 Å². The lowest BCUT2D eigenvalue weighted by Crippen LogP contribution is -2.26. The van der Waals surface area contributed by atoms with Gasteiger partial charge in [-0.25, -0.2) is 10.8 Å². The molecule has 0 saturated carbocycles. The molecule has 0 radical (unpaired) electrons. The molecule has 0 unspecified atom stereocenters. The average molecular weight is 329 g/mol. The largest absolute Gasteiger partial charge is 0.352 e. The smallest absolute Gasteiger partial charge is 0.255 e. The first kappa shape index (κ1) is 15.9. The van der Waals surface area contributed by atoms with E-state index in [0.717, 1.165) is 17.3 Å². The van der Waals surface area contributed by atoms with E-state index in [9.17, 15) is 4.79 Å². The van der Waals surface area contributed by atoms with Crippen LogP contribution in [0.25, 0.3) is 0 Å². The SMILES string of the molecule is CC(C)CCCCNC(=O)c1cc(Br)cnc1NN. The first-order chi connectivity index (χ1) is 9.04. The maximum atomic E-state index is 12.0. The lowest BCUT2D eigenvalue weighted by atomic mass is 10.1. The summed E-state index contributed by atoms with van der Waals surface area (Å²) in [7, 11) is 0. The van der Waals surface area contributed by atoms with Gasteiger partial charge in [0.1, 0.15) is 0 Å². The fourth-order valence-corrected chi connectivity index (χ4v) is 2.03. The number of hydrogen-bond acceptors (Lipinski definition) is 4. The second-order valence-electron chi connectivity index (χ2n) is 4.84. The molecule has 1 amide bonds. The zero-order chi connectivity index (χ0) is 14.3. The van der Waals surface area contributed by atoms with E-state index in [1.54, 1.807) is 12.3 Å². The molecule has 0 aliphatic rings. The van der Waals surface area contributed by atoms with Gasteiger partial charge in [-0.1, -0.05) is 26.7 Å². The fourth-order valence-electron chi connectivity index (χ4n) is 1.70. The molecule has 0 aromatic carbocycles. The highest BCUT2D eigenvalue weighted by Gasteiger charge is 2.12. The molecule has 0 atom stereocenters. The van der Waals surface area contributed by atoms with Crippen molar-refractivity contribution in [3.05, 3.63) is 22.3 Å². The minimum atomic E-state index is -0.161. The van der Waals surface area contributed by atoms with Crippen molar-refractivity contribution in [2.45, 2.75) is 33.1 Å². The molecule has 0 spiro atoms. The van der Waals surface area contributed by atoms with Crippen LogP contribution < -0.4 is 16.6 Å². The normalized spacial score (nSPS) is 10.6. The summed E-state index contributed by atoms with van der Waals surface area (Å²) in [5.74, 6) is 6.26. The Morgan fingerprint density at radius 1 is 1.47 bits per heavy atom. The number of nitrogens with zero attached hydrogens (tertiary/aromatic N) is 1. The highest BCUT2D eigenvalue weighted by molar-refractivity contribution is 9.10. The predicted octanol–water partition coefficient (Wildman–Crippen LogP) is 2.69. The Hall–Kier alpha value is -1.14. The third-order valence-electron chi connectivity index (χ3n) is 2.73. The number of pyridine rings is 1. The summed E-state index contributed by atoms with van der Waals surface area (Å²) in [5.41, 5.74) is 2.87. The molecule has 0 aliphatic heterocycles. The van der Waals surface area contributed by atoms with E-state index < -0.39 is 0 Å². The summed E-state index contributed by atoms with van der Waals surface area (Å²) in [4.78, 5) is 16.0. The Bertz CT molecular complexity index is 423. The van der Waals surface area contributed by atoms with Crippen molar-refractivity contribution in [3.8, 4) is 0 Å². The van der Waals surface area contributed by atoms with Crippen LogP contribution >= 0.6 is 15.9 Å². The van der Waals surface area contributed by atoms with E-state index in [2.05, 4.69) is 45.5 Å². The van der Waals surface area contributed by atoms with Crippen molar-refractivity contribution in [1.82, 2.24) is 10.3 Å². The number of nitrogens with one attached hydrogen (secondary N) is 2. The van der Waals surface area contributed by atoms with Gasteiger partial charge < -0.3 is 10.7 Å². The van der Waals surface area contributed by atoms with Gasteiger partial charge in [-0.05, 0) is 34.3 Å². The fraction of sp³-hybridized carbons (Fsp3) is 0.538. The lowest BCUT2D eigenvalue weighted by molar-refractivity contribution is 0.0953. The van der Waals surface area contributed by atoms with Crippen molar-refractivity contribution in [1.29, 1.82) is 0 Å². The molecule has 0 bridgehead atoms. The van der Waals surface area contributed by atoms with E-state index in [1.165, 1.54) is 6.42 Å². The molecule has 1 heterocycles. The summed E-state index contributed by atoms with van der Waals surface area (Å²) in [5, 5.41) is 2.88. The molecule has 106 valence electrons. The zero-order valence-electron chi connectivity index (χ0n) is 11.4. The summed E-state index contributed by atoms with van der Waals surface area (Å²) in [6.07, 6.45) is 4.88. The Kier molecular flexibility index (Phi) is 6.80. The van der Waals surface area contributed by atoms with Crippen LogP contribution in [-0.2, 0) is 0 Å². The number of aromatic nitrogens is 1. The monoisotopic (exact) mass is 328 g/mol. The lowest BCUT2D eigenvalue weighted by Gasteiger charge is -2.09. The van der Waals surface area contributed by atoms with E-state index in [0.29, 0.717) is 23.8 Å². The number of unbranched alkanes of at least 4 members (excludes halogenated alkanes) is 1. The number of nitrogen functional groups attached to an aromatic ring is 1. The van der Waals surface area contributed by atoms with Crippen molar-refractivity contribution in [2.24, 2.45) is 11.8 Å². The van der Waals surface area contributed by atoms with Crippen LogP contribution in [0.4, 0.5) is 5.82 Å². The number of carbonyl (C=O) groups is 1. The van der Waals surface area contributed by atoms with Crippen molar-refractivity contribution >= 4 is 27.7 Å². The molecule has 1 aromatic heterocycles. The van der Waals surface area contributed by atoms with Gasteiger partial charge in [0.15, 0.2) is 5.82 Å². The van der Waals surface area contributed by atoms with E-state index in [4.69, 9.17) is 5.84 Å². The van der Waals surface area contributed by atoms with E-state index >= 15 is 0 Å². The maximum Gasteiger partial charge on any atom is 0.255 e. The van der Waals surface area contributed by atoms with Gasteiger partial charge in [0.2, 0.25) is 0 Å². The highest BCUT2D eigenvalue weighted by atomic mass is 79.9. The van der Waals surface area contributed by atoms with Gasteiger partial charge in [-0.15, -0.1) is 0 Å². The molecular weight excluding hydrogens is 308 g/mol. The van der Waals surface area contributed by atoms with Crippen LogP contribution in [-0.4, -0.2) is 17.4 Å². The zero-order valence-corrected chi connectivity index (χ0v) is 13.0. The molecule has 6 heteroatoms. The van der Waals surface area contributed by atoms with E-state index in [1.807, 2.05) is 0 Å². The van der Waals surface area contributed by atoms with Crippen molar-refractivity contribution in [2.75, 3.05) is 12.0 Å². The topological polar surface area (TPSA) is 80.0 Å². The van der Waals surface area contributed by atoms with Gasteiger partial charge in [-0.2, -0.15) is 0 Å². The van der Waals surface area contributed by atoms with E-state index in [-0.39, 0.29) is 5.91 Å². The van der Waals surface area contributed by atoms with Crippen LogP contribution in [0.5, 0.6) is 0 Å². The number of nitrogens with two attached hydrogens (primary N) is 1. The van der Waals surface area contributed by atoms with Crippen LogP contribution in [0, 0.1) is 5.92 Å². The second kappa shape index (κ2) is 8.12. The third-order valence-corrected chi connectivity index (χ3v) is 3.16.